The Bertz CT molecular complexity index is 2150. The Labute approximate surface area is 369 Å². The van der Waals surface area contributed by atoms with Gasteiger partial charge in [-0.1, -0.05) is 86.0 Å². The number of amides is 1. The van der Waals surface area contributed by atoms with Gasteiger partial charge in [0, 0.05) is 73.9 Å². The van der Waals surface area contributed by atoms with Gasteiger partial charge in [0.05, 0.1) is 6.04 Å². The van der Waals surface area contributed by atoms with Crippen LogP contribution in [0.15, 0.2) is 123 Å². The maximum Gasteiger partial charge on any atom is 0.259 e. The Morgan fingerprint density at radius 1 is 0.871 bits per heavy atom. The molecular formula is C54H66FN5O2. The largest absolute Gasteiger partial charge is 0.390 e. The molecule has 1 amide bonds. The van der Waals surface area contributed by atoms with E-state index in [1.807, 2.05) is 31.9 Å². The van der Waals surface area contributed by atoms with Crippen LogP contribution in [0.1, 0.15) is 113 Å². The van der Waals surface area contributed by atoms with Crippen LogP contribution in [0.25, 0.3) is 5.70 Å². The van der Waals surface area contributed by atoms with Crippen LogP contribution in [-0.4, -0.2) is 74.5 Å². The van der Waals surface area contributed by atoms with Crippen molar-refractivity contribution in [2.45, 2.75) is 94.4 Å². The molecule has 1 saturated heterocycles. The number of benzene rings is 4. The average molecular weight is 836 g/mol. The van der Waals surface area contributed by atoms with Gasteiger partial charge in [-0.25, -0.2) is 4.39 Å². The summed E-state index contributed by atoms with van der Waals surface area (Å²) in [6, 6.07) is 33.3. The maximum absolute atomic E-state index is 16.6. The summed E-state index contributed by atoms with van der Waals surface area (Å²) in [5, 5.41) is 6.51. The topological polar surface area (TPSA) is 67.9 Å². The van der Waals surface area contributed by atoms with Gasteiger partial charge in [-0.3, -0.25) is 14.6 Å². The van der Waals surface area contributed by atoms with Crippen molar-refractivity contribution in [1.29, 1.82) is 0 Å². The molecule has 1 aliphatic carbocycles. The zero-order chi connectivity index (χ0) is 43.8. The van der Waals surface area contributed by atoms with Gasteiger partial charge in [-0.2, -0.15) is 0 Å². The van der Waals surface area contributed by atoms with Crippen LogP contribution in [0, 0.1) is 5.92 Å². The van der Waals surface area contributed by atoms with E-state index in [-0.39, 0.29) is 11.9 Å². The Morgan fingerprint density at radius 3 is 2.23 bits per heavy atom. The van der Waals surface area contributed by atoms with E-state index >= 15 is 4.39 Å². The van der Waals surface area contributed by atoms with E-state index in [0.29, 0.717) is 37.0 Å². The van der Waals surface area contributed by atoms with E-state index < -0.39 is 5.67 Å². The first-order chi connectivity index (χ1) is 30.2. The second-order valence-electron chi connectivity index (χ2n) is 17.9. The van der Waals surface area contributed by atoms with E-state index in [0.717, 1.165) is 100 Å². The fraction of sp³-hybridized carbons (Fsp3) is 0.407. The molecule has 0 bridgehead atoms. The second-order valence-corrected chi connectivity index (χ2v) is 17.9. The number of carbonyl (C=O) groups is 2. The van der Waals surface area contributed by atoms with Crippen LogP contribution in [0.5, 0.6) is 0 Å². The van der Waals surface area contributed by atoms with Crippen molar-refractivity contribution in [1.82, 2.24) is 20.4 Å². The Kier molecular flexibility index (Phi) is 14.6. The van der Waals surface area contributed by atoms with Gasteiger partial charge in [-0.05, 0) is 141 Å². The molecule has 4 atom stereocenters. The van der Waals surface area contributed by atoms with Gasteiger partial charge >= 0.3 is 0 Å². The Balaban J connectivity index is 0.00000285. The molecular weight excluding hydrogens is 770 g/mol. The number of nitrogens with zero attached hydrogens (tertiary/aromatic N) is 3. The number of alkyl halides is 1. The molecule has 7 nitrogen and oxygen atoms in total. The number of piperidine rings is 1. The molecule has 8 rings (SSSR count). The number of allylic oxidation sites excluding steroid dienone is 1. The smallest absolute Gasteiger partial charge is 0.259 e. The molecule has 8 heteroatoms. The summed E-state index contributed by atoms with van der Waals surface area (Å²) in [5.74, 6) is 1.14. The minimum Gasteiger partial charge on any atom is -0.390 e. The molecule has 4 aromatic rings. The summed E-state index contributed by atoms with van der Waals surface area (Å²) >= 11 is 0. The lowest BCUT2D eigenvalue weighted by molar-refractivity contribution is -0.0980. The molecule has 3 heterocycles. The lowest BCUT2D eigenvalue weighted by Gasteiger charge is -2.39. The van der Waals surface area contributed by atoms with Gasteiger partial charge in [0.25, 0.3) is 5.91 Å². The molecule has 326 valence electrons. The molecule has 3 aliphatic heterocycles. The summed E-state index contributed by atoms with van der Waals surface area (Å²) in [5.41, 5.74) is 11.4. The van der Waals surface area contributed by atoms with Gasteiger partial charge in [0.1, 0.15) is 12.5 Å². The summed E-state index contributed by atoms with van der Waals surface area (Å²) in [7, 11) is 3.85. The molecule has 1 fully saturated rings. The number of carbonyl (C=O) groups excluding carboxylic acids is 2. The lowest BCUT2D eigenvalue weighted by atomic mass is 9.69. The zero-order valence-electron chi connectivity index (χ0n) is 37.0. The molecule has 4 aliphatic rings. The first-order valence-electron chi connectivity index (χ1n) is 22.7. The number of hydrogen-bond acceptors (Lipinski definition) is 6. The second kappa shape index (κ2) is 20.3. The number of fused-ring (bicyclic) bond motifs is 3. The first-order valence-corrected chi connectivity index (χ1v) is 22.7. The Morgan fingerprint density at radius 2 is 1.55 bits per heavy atom. The highest BCUT2D eigenvalue weighted by Gasteiger charge is 2.40. The van der Waals surface area contributed by atoms with Crippen LogP contribution >= 0.6 is 0 Å². The van der Waals surface area contributed by atoms with E-state index in [4.69, 9.17) is 4.79 Å². The predicted molar refractivity (Wildman–Crippen MR) is 253 cm³/mol. The van der Waals surface area contributed by atoms with Crippen LogP contribution < -0.4 is 15.5 Å². The fourth-order valence-corrected chi connectivity index (χ4v) is 10.7. The summed E-state index contributed by atoms with van der Waals surface area (Å²) in [6.07, 6.45) is 9.25. The van der Waals surface area contributed by atoms with Crippen LogP contribution in [0.2, 0.25) is 0 Å². The fourth-order valence-electron chi connectivity index (χ4n) is 10.7. The van der Waals surface area contributed by atoms with E-state index in [9.17, 15) is 4.79 Å². The van der Waals surface area contributed by atoms with Crippen molar-refractivity contribution in [3.63, 3.8) is 0 Å². The zero-order valence-corrected chi connectivity index (χ0v) is 37.0. The minimum absolute atomic E-state index is 0.00695. The van der Waals surface area contributed by atoms with Crippen molar-refractivity contribution in [2.75, 3.05) is 45.2 Å². The lowest BCUT2D eigenvalue weighted by Crippen LogP contribution is -2.42. The normalized spacial score (nSPS) is 20.0. The summed E-state index contributed by atoms with van der Waals surface area (Å²) in [6.45, 7) is 19.4. The van der Waals surface area contributed by atoms with Gasteiger partial charge < -0.3 is 20.3 Å². The highest BCUT2D eigenvalue weighted by atomic mass is 19.1. The molecule has 2 N–H and O–H groups in total. The minimum atomic E-state index is -1.15. The van der Waals surface area contributed by atoms with Crippen molar-refractivity contribution >= 4 is 24.1 Å². The third kappa shape index (κ3) is 9.52. The predicted octanol–water partition coefficient (Wildman–Crippen LogP) is 10.2. The summed E-state index contributed by atoms with van der Waals surface area (Å²) < 4.78 is 16.6. The molecule has 62 heavy (non-hydrogen) atoms. The maximum atomic E-state index is 16.6. The standard InChI is InChI=1S/C53H64FN5O.CH2O/c1-6-7-17-50(37(2)56-5)59-38(3)48-32-43-35-57(36-44(43)33-49(48)52(59)60)34-39(25-29-55-4)24-26-53(54)27-30-58(31-28-53)45-21-18-42(19-22-45)51-46-16-12-11-15-41(46)20-23-47(51)40-13-9-8-10-14-40;1-2/h6,8-16,18-19,21-22,32-33,39,47,50-51,55-56H,1-3,7,17,20,23-31,34-36H2,4-5H3;1H2. The average Bonchev–Trinajstić information content (AvgIpc) is 3.82. The third-order valence-electron chi connectivity index (χ3n) is 14.2. The number of likely N-dealkylation sites (N-methyl/N-ethyl adjacent to an activating group) is 1. The first kappa shape index (κ1) is 44.7. The van der Waals surface area contributed by atoms with E-state index in [1.165, 1.54) is 39.1 Å². The van der Waals surface area contributed by atoms with Crippen LogP contribution in [0.3, 0.4) is 0 Å². The monoisotopic (exact) mass is 836 g/mol. The van der Waals surface area contributed by atoms with Crippen molar-refractivity contribution in [3.05, 3.63) is 167 Å². The summed E-state index contributed by atoms with van der Waals surface area (Å²) in [4.78, 5) is 28.6. The highest BCUT2D eigenvalue weighted by molar-refractivity contribution is 6.09. The molecule has 0 saturated carbocycles. The van der Waals surface area contributed by atoms with Crippen molar-refractivity contribution in [2.24, 2.45) is 5.92 Å². The molecule has 4 aromatic carbocycles. The number of anilines is 1. The van der Waals surface area contributed by atoms with E-state index in [1.54, 1.807) is 0 Å². The van der Waals surface area contributed by atoms with Gasteiger partial charge in [-0.15, -0.1) is 6.58 Å². The van der Waals surface area contributed by atoms with Gasteiger partial charge in [0.2, 0.25) is 0 Å². The molecule has 0 aromatic heterocycles. The molecule has 0 spiro atoms. The van der Waals surface area contributed by atoms with Gasteiger partial charge in [0.15, 0.2) is 0 Å². The number of hydrogen-bond donors (Lipinski definition) is 2. The third-order valence-corrected chi connectivity index (χ3v) is 14.2. The van der Waals surface area contributed by atoms with Crippen molar-refractivity contribution in [3.8, 4) is 0 Å². The van der Waals surface area contributed by atoms with E-state index in [2.05, 4.69) is 131 Å². The quantitative estimate of drug-likeness (QED) is 0.103. The highest BCUT2D eigenvalue weighted by Crippen LogP contribution is 2.47. The SMILES string of the molecule is C=CCCC(C(=C)NC)N1C(=C)c2cc3c(cc2C1=O)CN(CC(CCNC)CCC1(F)CCN(c2ccc(C4c5ccccc5CCC4c4ccccc4)cc2)CC1)C3.C=O. The number of aryl methyl sites for hydroxylation is 1. The Hall–Kier alpha value is -5.31. The van der Waals surface area contributed by atoms with Crippen LogP contribution in [-0.2, 0) is 24.3 Å². The molecule has 4 unspecified atom stereocenters. The molecule has 0 radical (unpaired) electrons. The van der Waals surface area contributed by atoms with Crippen LogP contribution in [0.4, 0.5) is 10.1 Å². The number of rotatable bonds is 17. The van der Waals surface area contributed by atoms with Crippen molar-refractivity contribution < 1.29 is 14.0 Å². The number of halogens is 1. The number of nitrogens with one attached hydrogen (secondary N) is 2.